The molecule has 2 amide bonds. The van der Waals surface area contributed by atoms with Crippen molar-refractivity contribution in [3.8, 4) is 0 Å². The maximum atomic E-state index is 13.6. The highest BCUT2D eigenvalue weighted by molar-refractivity contribution is 7.16. The first-order chi connectivity index (χ1) is 16.0. The Balaban J connectivity index is 1.45. The monoisotopic (exact) mass is 464 g/mol. The Kier molecular flexibility index (Phi) is 4.76. The number of thiazole rings is 1. The summed E-state index contributed by atoms with van der Waals surface area (Å²) < 4.78 is 1.06. The number of unbranched alkanes of at least 4 members (excludes halogenated alkanes) is 1. The van der Waals surface area contributed by atoms with E-state index in [1.807, 2.05) is 23.7 Å². The van der Waals surface area contributed by atoms with Crippen LogP contribution in [0.5, 0.6) is 0 Å². The third-order valence-corrected chi connectivity index (χ3v) is 10.2. The van der Waals surface area contributed by atoms with Gasteiger partial charge in [-0.05, 0) is 87.2 Å². The van der Waals surface area contributed by atoms with Gasteiger partial charge in [-0.15, -0.1) is 11.3 Å². The van der Waals surface area contributed by atoms with Crippen LogP contribution in [0.4, 0.5) is 0 Å². The van der Waals surface area contributed by atoms with Crippen molar-refractivity contribution in [2.45, 2.75) is 50.4 Å². The van der Waals surface area contributed by atoms with Crippen LogP contribution >= 0.6 is 11.3 Å². The van der Waals surface area contributed by atoms with Gasteiger partial charge in [0.25, 0.3) is 0 Å². The average molecular weight is 465 g/mol. The summed E-state index contributed by atoms with van der Waals surface area (Å²) in [5.74, 6) is -0.907. The summed E-state index contributed by atoms with van der Waals surface area (Å²) in [4.78, 5) is 34.2. The predicted molar refractivity (Wildman–Crippen MR) is 129 cm³/mol. The fraction of sp³-hybridized carbons (Fsp3) is 0.577. The smallest absolute Gasteiger partial charge is 0.229 e. The number of likely N-dealkylation sites (tertiary alicyclic amines) is 1. The normalized spacial score (nSPS) is 33.9. The van der Waals surface area contributed by atoms with Crippen LogP contribution in [0.15, 0.2) is 35.9 Å². The van der Waals surface area contributed by atoms with E-state index in [4.69, 9.17) is 11.5 Å². The molecule has 1 aromatic carbocycles. The molecule has 4 N–H and O–H groups in total. The summed E-state index contributed by atoms with van der Waals surface area (Å²) in [7, 11) is 0. The summed E-state index contributed by atoms with van der Waals surface area (Å²) in [6.45, 7) is 3.37. The van der Waals surface area contributed by atoms with E-state index in [1.54, 1.807) is 11.3 Å². The second-order valence-electron chi connectivity index (χ2n) is 10.6. The molecule has 4 atom stereocenters. The maximum absolute atomic E-state index is 13.6. The zero-order valence-corrected chi connectivity index (χ0v) is 19.8. The fourth-order valence-corrected chi connectivity index (χ4v) is 8.60. The molecule has 3 aliphatic carbocycles. The Morgan fingerprint density at radius 1 is 1.06 bits per heavy atom. The van der Waals surface area contributed by atoms with Gasteiger partial charge in [0.2, 0.25) is 11.8 Å². The zero-order valence-electron chi connectivity index (χ0n) is 19.0. The predicted octanol–water partition coefficient (Wildman–Crippen LogP) is 3.35. The van der Waals surface area contributed by atoms with Crippen molar-refractivity contribution in [2.75, 3.05) is 19.6 Å². The van der Waals surface area contributed by atoms with Crippen molar-refractivity contribution in [1.29, 1.82) is 0 Å². The topological polar surface area (TPSA) is 102 Å². The van der Waals surface area contributed by atoms with Crippen LogP contribution in [0, 0.1) is 22.7 Å². The highest BCUT2D eigenvalue weighted by atomic mass is 32.1. The maximum Gasteiger partial charge on any atom is 0.229 e. The molecule has 7 heteroatoms. The van der Waals surface area contributed by atoms with Crippen LogP contribution in [0.2, 0.25) is 0 Å². The minimum Gasteiger partial charge on any atom is -0.369 e. The van der Waals surface area contributed by atoms with Crippen LogP contribution in [0.25, 0.3) is 10.2 Å². The number of benzene rings is 1. The Bertz CT molecular complexity index is 1150. The van der Waals surface area contributed by atoms with Gasteiger partial charge in [0.15, 0.2) is 0 Å². The first-order valence-electron chi connectivity index (χ1n) is 12.3. The number of hydrogen-bond acceptors (Lipinski definition) is 5. The SMILES string of the molecule is NC(=O)[C@]1(CCCCN2CCCC2)[C@@H]2C=C[C@@H](C23CC3)[C@@]1(C(N)=O)c1ccc2scnc2c1. The molecule has 3 fully saturated rings. The number of allylic oxidation sites excluding steroid dienone is 2. The van der Waals surface area contributed by atoms with Crippen molar-refractivity contribution < 1.29 is 9.59 Å². The summed E-state index contributed by atoms with van der Waals surface area (Å²) in [5, 5.41) is 0. The van der Waals surface area contributed by atoms with Crippen LogP contribution in [0.1, 0.15) is 50.5 Å². The number of carbonyl (C=O) groups excluding carboxylic acids is 2. The number of amides is 2. The molecule has 6 nitrogen and oxygen atoms in total. The van der Waals surface area contributed by atoms with E-state index in [2.05, 4.69) is 22.0 Å². The van der Waals surface area contributed by atoms with Crippen molar-refractivity contribution in [1.82, 2.24) is 9.88 Å². The third-order valence-electron chi connectivity index (χ3n) is 9.37. The number of nitrogens with zero attached hydrogens (tertiary/aromatic N) is 2. The van der Waals surface area contributed by atoms with E-state index in [0.717, 1.165) is 61.1 Å². The van der Waals surface area contributed by atoms with Gasteiger partial charge < -0.3 is 16.4 Å². The van der Waals surface area contributed by atoms with Crippen LogP contribution in [-0.4, -0.2) is 41.3 Å². The first-order valence-corrected chi connectivity index (χ1v) is 13.2. The summed E-state index contributed by atoms with van der Waals surface area (Å²) in [6, 6.07) is 6.00. The third kappa shape index (κ3) is 2.66. The first kappa shape index (κ1) is 21.3. The Labute approximate surface area is 198 Å². The Morgan fingerprint density at radius 3 is 2.52 bits per heavy atom. The molecule has 1 spiro atoms. The van der Waals surface area contributed by atoms with Crippen molar-refractivity contribution in [2.24, 2.45) is 34.1 Å². The van der Waals surface area contributed by atoms with E-state index in [-0.39, 0.29) is 23.2 Å². The van der Waals surface area contributed by atoms with Gasteiger partial charge >= 0.3 is 0 Å². The molecule has 2 bridgehead atoms. The quantitative estimate of drug-likeness (QED) is 0.462. The molecule has 1 aliphatic heterocycles. The number of nitrogens with two attached hydrogens (primary N) is 2. The number of primary amides is 2. The van der Waals surface area contributed by atoms with E-state index in [0.29, 0.717) is 6.42 Å². The minimum atomic E-state index is -1.12. The molecule has 2 heterocycles. The number of fused-ring (bicyclic) bond motifs is 1. The Hall–Kier alpha value is -2.25. The van der Waals surface area contributed by atoms with Crippen molar-refractivity contribution in [3.05, 3.63) is 41.4 Å². The number of rotatable bonds is 8. The second kappa shape index (κ2) is 7.37. The largest absolute Gasteiger partial charge is 0.369 e. The summed E-state index contributed by atoms with van der Waals surface area (Å²) in [6.07, 6.45) is 11.4. The van der Waals surface area contributed by atoms with Crippen LogP contribution in [0.3, 0.4) is 0 Å². The average Bonchev–Trinajstić information content (AvgIpc) is 3.15. The molecule has 0 radical (unpaired) electrons. The van der Waals surface area contributed by atoms with Gasteiger partial charge in [-0.3, -0.25) is 9.59 Å². The number of carbonyl (C=O) groups is 2. The lowest BCUT2D eigenvalue weighted by Gasteiger charge is -2.48. The number of aromatic nitrogens is 1. The summed E-state index contributed by atoms with van der Waals surface area (Å²) >= 11 is 1.57. The molecule has 1 aromatic heterocycles. The highest BCUT2D eigenvalue weighted by Crippen LogP contribution is 2.80. The van der Waals surface area contributed by atoms with Crippen molar-refractivity contribution in [3.63, 3.8) is 0 Å². The molecular formula is C26H32N4O2S. The van der Waals surface area contributed by atoms with Gasteiger partial charge in [-0.25, -0.2) is 4.98 Å². The van der Waals surface area contributed by atoms with Gasteiger partial charge in [0, 0.05) is 5.92 Å². The number of hydrogen-bond donors (Lipinski definition) is 2. The molecule has 0 unspecified atom stereocenters. The second-order valence-corrected chi connectivity index (χ2v) is 11.5. The highest BCUT2D eigenvalue weighted by Gasteiger charge is 2.82. The molecule has 1 saturated heterocycles. The van der Waals surface area contributed by atoms with Gasteiger partial charge in [-0.2, -0.15) is 0 Å². The fourth-order valence-electron chi connectivity index (χ4n) is 7.94. The van der Waals surface area contributed by atoms with Crippen LogP contribution < -0.4 is 11.5 Å². The molecule has 2 saturated carbocycles. The van der Waals surface area contributed by atoms with E-state index >= 15 is 0 Å². The Morgan fingerprint density at radius 2 is 1.82 bits per heavy atom. The lowest BCUT2D eigenvalue weighted by atomic mass is 9.52. The molecule has 2 aromatic rings. The molecular weight excluding hydrogens is 432 g/mol. The van der Waals surface area contributed by atoms with Gasteiger partial charge in [0.05, 0.1) is 26.6 Å². The summed E-state index contributed by atoms with van der Waals surface area (Å²) in [5.41, 5.74) is 13.9. The standard InChI is InChI=1S/C26H32N4O2S/c27-22(31)25(9-1-2-12-30-13-3-4-14-30)20-7-8-21(24(20)10-11-24)26(25,23(28)32)17-5-6-19-18(15-17)29-16-33-19/h5-8,15-16,20-21H,1-4,9-14H2,(H2,27,31)(H2,28,32)/t20-,21+,25+,26-/m1/s1. The van der Waals surface area contributed by atoms with Crippen molar-refractivity contribution >= 4 is 33.4 Å². The van der Waals surface area contributed by atoms with Gasteiger partial charge in [0.1, 0.15) is 0 Å². The molecule has 4 aliphatic rings. The van der Waals surface area contributed by atoms with Gasteiger partial charge in [-0.1, -0.05) is 24.6 Å². The lowest BCUT2D eigenvalue weighted by Crippen LogP contribution is -2.62. The minimum absolute atomic E-state index is 0.0297. The molecule has 6 rings (SSSR count). The van der Waals surface area contributed by atoms with E-state index < -0.39 is 16.7 Å². The van der Waals surface area contributed by atoms with E-state index in [9.17, 15) is 9.59 Å². The molecule has 174 valence electrons. The molecule has 33 heavy (non-hydrogen) atoms. The lowest BCUT2D eigenvalue weighted by molar-refractivity contribution is -0.143. The van der Waals surface area contributed by atoms with Crippen LogP contribution in [-0.2, 0) is 15.0 Å². The van der Waals surface area contributed by atoms with E-state index in [1.165, 1.54) is 12.8 Å². The zero-order chi connectivity index (χ0) is 22.8.